The summed E-state index contributed by atoms with van der Waals surface area (Å²) in [5, 5.41) is 2.30. The average Bonchev–Trinajstić information content (AvgIpc) is 2.01. The predicted molar refractivity (Wildman–Crippen MR) is 59.6 cm³/mol. The van der Waals surface area contributed by atoms with Crippen LogP contribution in [0.4, 0.5) is 0 Å². The molecule has 0 radical (unpaired) electrons. The van der Waals surface area contributed by atoms with Crippen LogP contribution in [0.1, 0.15) is 47.5 Å². The van der Waals surface area contributed by atoms with Gasteiger partial charge in [-0.1, -0.05) is 34.6 Å². The molecule has 0 rings (SSSR count). The maximum Gasteiger partial charge on any atom is 0.0128 e. The fraction of sp³-hybridized carbons (Fsp3) is 1.00. The zero-order chi connectivity index (χ0) is 10.3. The molecule has 0 amide bonds. The lowest BCUT2D eigenvalue weighted by atomic mass is 9.92. The van der Waals surface area contributed by atoms with Crippen LogP contribution in [0.3, 0.4) is 0 Å². The molecule has 0 aliphatic rings. The van der Waals surface area contributed by atoms with Crippen LogP contribution in [-0.4, -0.2) is 24.6 Å². The predicted octanol–water partition coefficient (Wildman–Crippen LogP) is 2.66. The van der Waals surface area contributed by atoms with Crippen molar-refractivity contribution in [1.82, 2.24) is 10.4 Å². The number of hydrogen-bond acceptors (Lipinski definition) is 2. The van der Waals surface area contributed by atoms with E-state index in [4.69, 9.17) is 0 Å². The quantitative estimate of drug-likeness (QED) is 0.642. The second-order valence-electron chi connectivity index (χ2n) is 4.80. The third-order valence-corrected chi connectivity index (χ3v) is 2.09. The Labute approximate surface area is 83.7 Å². The van der Waals surface area contributed by atoms with Gasteiger partial charge in [0.05, 0.1) is 0 Å². The molecule has 0 aromatic heterocycles. The zero-order valence-electron chi connectivity index (χ0n) is 9.98. The molecule has 0 saturated heterocycles. The molecule has 2 heteroatoms. The van der Waals surface area contributed by atoms with E-state index in [9.17, 15) is 0 Å². The van der Waals surface area contributed by atoms with Crippen LogP contribution in [0.15, 0.2) is 0 Å². The molecule has 0 aromatic carbocycles. The molecule has 0 aromatic rings. The van der Waals surface area contributed by atoms with Gasteiger partial charge in [-0.25, -0.2) is 5.01 Å². The lowest BCUT2D eigenvalue weighted by molar-refractivity contribution is 0.184. The first kappa shape index (κ1) is 12.9. The molecule has 2 nitrogen and oxygen atoms in total. The lowest BCUT2D eigenvalue weighted by Crippen LogP contribution is -2.39. The van der Waals surface area contributed by atoms with Crippen molar-refractivity contribution in [3.8, 4) is 0 Å². The Bertz CT molecular complexity index is 116. The smallest absolute Gasteiger partial charge is 0.0128 e. The third kappa shape index (κ3) is 8.26. The summed E-state index contributed by atoms with van der Waals surface area (Å²) in [4.78, 5) is 0. The number of rotatable bonds is 6. The Kier molecular flexibility index (Phi) is 6.35. The monoisotopic (exact) mass is 186 g/mol. The van der Waals surface area contributed by atoms with Gasteiger partial charge >= 0.3 is 0 Å². The maximum absolute atomic E-state index is 3.46. The van der Waals surface area contributed by atoms with Crippen molar-refractivity contribution in [2.45, 2.75) is 47.5 Å². The van der Waals surface area contributed by atoms with Gasteiger partial charge in [0.1, 0.15) is 0 Å². The van der Waals surface area contributed by atoms with Gasteiger partial charge in [-0.05, 0) is 18.3 Å². The number of nitrogens with one attached hydrogen (secondary N) is 1. The Morgan fingerprint density at radius 3 is 2.15 bits per heavy atom. The lowest BCUT2D eigenvalue weighted by Gasteiger charge is -2.24. The van der Waals surface area contributed by atoms with E-state index in [2.05, 4.69) is 45.1 Å². The van der Waals surface area contributed by atoms with Crippen LogP contribution in [0, 0.1) is 5.41 Å². The maximum atomic E-state index is 3.46. The number of hydrazine groups is 1. The highest BCUT2D eigenvalue weighted by Gasteiger charge is 2.09. The minimum absolute atomic E-state index is 0.443. The number of nitrogens with zero attached hydrogens (tertiary/aromatic N) is 1. The standard InChI is InChI=1S/C11H26N2/c1-6-10-13(7-2)12-9-8-11(3,4)5/h12H,6-10H2,1-5H3. The molecule has 0 aliphatic heterocycles. The molecule has 0 heterocycles. The molecule has 0 saturated carbocycles. The summed E-state index contributed by atoms with van der Waals surface area (Å²) in [5.74, 6) is 0. The second-order valence-corrected chi connectivity index (χ2v) is 4.80. The van der Waals surface area contributed by atoms with E-state index >= 15 is 0 Å². The fourth-order valence-corrected chi connectivity index (χ4v) is 1.21. The van der Waals surface area contributed by atoms with Gasteiger partial charge in [-0.3, -0.25) is 5.43 Å². The highest BCUT2D eigenvalue weighted by atomic mass is 15.5. The van der Waals surface area contributed by atoms with E-state index in [-0.39, 0.29) is 0 Å². The first-order valence-corrected chi connectivity index (χ1v) is 5.48. The van der Waals surface area contributed by atoms with E-state index < -0.39 is 0 Å². The van der Waals surface area contributed by atoms with E-state index in [1.54, 1.807) is 0 Å². The van der Waals surface area contributed by atoms with Gasteiger partial charge in [-0.15, -0.1) is 0 Å². The summed E-state index contributed by atoms with van der Waals surface area (Å²) in [7, 11) is 0. The minimum Gasteiger partial charge on any atom is -0.255 e. The normalized spacial score (nSPS) is 12.5. The summed E-state index contributed by atoms with van der Waals surface area (Å²) in [6.45, 7) is 14.6. The summed E-state index contributed by atoms with van der Waals surface area (Å²) in [6, 6.07) is 0. The van der Waals surface area contributed by atoms with Gasteiger partial charge in [-0.2, -0.15) is 0 Å². The van der Waals surface area contributed by atoms with Crippen LogP contribution in [0.2, 0.25) is 0 Å². The Balaban J connectivity index is 3.49. The van der Waals surface area contributed by atoms with E-state index in [1.165, 1.54) is 12.8 Å². The zero-order valence-corrected chi connectivity index (χ0v) is 9.98. The van der Waals surface area contributed by atoms with Crippen LogP contribution in [0.25, 0.3) is 0 Å². The molecule has 0 bridgehead atoms. The average molecular weight is 186 g/mol. The van der Waals surface area contributed by atoms with Crippen molar-refractivity contribution >= 4 is 0 Å². The van der Waals surface area contributed by atoms with Gasteiger partial charge in [0, 0.05) is 19.6 Å². The van der Waals surface area contributed by atoms with Crippen molar-refractivity contribution in [3.63, 3.8) is 0 Å². The SMILES string of the molecule is CCCN(CC)NCCC(C)(C)C. The van der Waals surface area contributed by atoms with E-state index in [0.29, 0.717) is 5.41 Å². The second kappa shape index (κ2) is 6.39. The Hall–Kier alpha value is -0.0800. The number of hydrogen-bond donors (Lipinski definition) is 1. The van der Waals surface area contributed by atoms with Crippen LogP contribution < -0.4 is 5.43 Å². The van der Waals surface area contributed by atoms with Gasteiger partial charge in [0.15, 0.2) is 0 Å². The van der Waals surface area contributed by atoms with Crippen molar-refractivity contribution < 1.29 is 0 Å². The Morgan fingerprint density at radius 1 is 1.15 bits per heavy atom. The molecule has 80 valence electrons. The van der Waals surface area contributed by atoms with Crippen molar-refractivity contribution in [3.05, 3.63) is 0 Å². The highest BCUT2D eigenvalue weighted by molar-refractivity contribution is 4.62. The van der Waals surface area contributed by atoms with Crippen molar-refractivity contribution in [2.24, 2.45) is 5.41 Å². The molecular formula is C11H26N2. The summed E-state index contributed by atoms with van der Waals surface area (Å²) in [6.07, 6.45) is 2.45. The molecule has 13 heavy (non-hydrogen) atoms. The minimum atomic E-state index is 0.443. The van der Waals surface area contributed by atoms with Crippen LogP contribution in [0.5, 0.6) is 0 Å². The van der Waals surface area contributed by atoms with Crippen molar-refractivity contribution in [2.75, 3.05) is 19.6 Å². The van der Waals surface area contributed by atoms with Crippen LogP contribution >= 0.6 is 0 Å². The molecule has 0 aliphatic carbocycles. The molecule has 0 unspecified atom stereocenters. The van der Waals surface area contributed by atoms with Crippen LogP contribution in [-0.2, 0) is 0 Å². The summed E-state index contributed by atoms with van der Waals surface area (Å²) < 4.78 is 0. The summed E-state index contributed by atoms with van der Waals surface area (Å²) in [5.41, 5.74) is 3.90. The van der Waals surface area contributed by atoms with Crippen molar-refractivity contribution in [1.29, 1.82) is 0 Å². The van der Waals surface area contributed by atoms with Gasteiger partial charge < -0.3 is 0 Å². The largest absolute Gasteiger partial charge is 0.255 e. The third-order valence-electron chi connectivity index (χ3n) is 2.09. The molecule has 1 N–H and O–H groups in total. The van der Waals surface area contributed by atoms with E-state index in [0.717, 1.165) is 19.6 Å². The fourth-order valence-electron chi connectivity index (χ4n) is 1.21. The topological polar surface area (TPSA) is 15.3 Å². The van der Waals surface area contributed by atoms with Gasteiger partial charge in [0.2, 0.25) is 0 Å². The van der Waals surface area contributed by atoms with Gasteiger partial charge in [0.25, 0.3) is 0 Å². The molecule has 0 spiro atoms. The molecular weight excluding hydrogens is 160 g/mol. The summed E-state index contributed by atoms with van der Waals surface area (Å²) >= 11 is 0. The van der Waals surface area contributed by atoms with E-state index in [1.807, 2.05) is 0 Å². The molecule has 0 fully saturated rings. The first-order valence-electron chi connectivity index (χ1n) is 5.48. The first-order chi connectivity index (χ1) is 5.99. The molecule has 0 atom stereocenters. The highest BCUT2D eigenvalue weighted by Crippen LogP contribution is 2.16. The Morgan fingerprint density at radius 2 is 1.77 bits per heavy atom.